The minimum Gasteiger partial charge on any atom is -0.359 e. The lowest BCUT2D eigenvalue weighted by Crippen LogP contribution is -2.24. The highest BCUT2D eigenvalue weighted by atomic mass is 79.9. The monoisotopic (exact) mass is 306 g/mol. The average Bonchev–Trinajstić information content (AvgIpc) is 2.21. The first-order valence-electron chi connectivity index (χ1n) is 5.04. The van der Waals surface area contributed by atoms with Crippen molar-refractivity contribution in [3.05, 3.63) is 16.0 Å². The number of aromatic nitrogens is 2. The Morgan fingerprint density at radius 1 is 1.31 bits per heavy atom. The lowest BCUT2D eigenvalue weighted by atomic mass is 10.3. The van der Waals surface area contributed by atoms with Gasteiger partial charge in [0.2, 0.25) is 5.28 Å². The molecule has 0 aliphatic carbocycles. The minimum absolute atomic E-state index is 0.276. The summed E-state index contributed by atoms with van der Waals surface area (Å²) < 4.78 is 0.865. The maximum atomic E-state index is 5.77. The van der Waals surface area contributed by atoms with Crippen molar-refractivity contribution in [2.75, 3.05) is 39.1 Å². The molecule has 90 valence electrons. The van der Waals surface area contributed by atoms with Crippen molar-refractivity contribution >= 4 is 33.3 Å². The van der Waals surface area contributed by atoms with Crippen molar-refractivity contribution < 1.29 is 0 Å². The van der Waals surface area contributed by atoms with Crippen LogP contribution in [0, 0.1) is 0 Å². The van der Waals surface area contributed by atoms with Gasteiger partial charge in [0.25, 0.3) is 0 Å². The Bertz CT molecular complexity index is 346. The van der Waals surface area contributed by atoms with E-state index in [9.17, 15) is 0 Å². The zero-order chi connectivity index (χ0) is 12.1. The van der Waals surface area contributed by atoms with E-state index in [1.165, 1.54) is 0 Å². The molecular formula is C10H16BrClN4. The van der Waals surface area contributed by atoms with Gasteiger partial charge in [0, 0.05) is 19.8 Å². The third-order valence-electron chi connectivity index (χ3n) is 2.16. The van der Waals surface area contributed by atoms with Gasteiger partial charge in [0.1, 0.15) is 5.82 Å². The summed E-state index contributed by atoms with van der Waals surface area (Å²) in [6.45, 7) is 1.99. The molecular weight excluding hydrogens is 291 g/mol. The fraction of sp³-hybridized carbons (Fsp3) is 0.600. The molecule has 0 saturated carbocycles. The zero-order valence-electron chi connectivity index (χ0n) is 9.74. The van der Waals surface area contributed by atoms with Crippen LogP contribution in [0.15, 0.2) is 10.7 Å². The highest BCUT2D eigenvalue weighted by Gasteiger charge is 2.08. The van der Waals surface area contributed by atoms with E-state index in [2.05, 4.69) is 49.8 Å². The molecule has 0 bridgehead atoms. The van der Waals surface area contributed by atoms with E-state index in [0.29, 0.717) is 0 Å². The number of halogens is 2. The Labute approximate surface area is 110 Å². The van der Waals surface area contributed by atoms with Crippen LogP contribution in [0.3, 0.4) is 0 Å². The van der Waals surface area contributed by atoms with Crippen molar-refractivity contribution in [3.63, 3.8) is 0 Å². The summed E-state index contributed by atoms with van der Waals surface area (Å²) in [5.41, 5.74) is 0. The molecule has 1 rings (SSSR count). The SMILES string of the molecule is CN(C)CCCN(C)c1nc(Cl)ncc1Br. The smallest absolute Gasteiger partial charge is 0.224 e. The van der Waals surface area contributed by atoms with Crippen LogP contribution in [0.25, 0.3) is 0 Å². The van der Waals surface area contributed by atoms with Crippen molar-refractivity contribution in [2.24, 2.45) is 0 Å². The normalized spacial score (nSPS) is 10.9. The lowest BCUT2D eigenvalue weighted by molar-refractivity contribution is 0.401. The molecule has 1 heterocycles. The van der Waals surface area contributed by atoms with Crippen molar-refractivity contribution in [1.29, 1.82) is 0 Å². The Balaban J connectivity index is 2.58. The molecule has 0 N–H and O–H groups in total. The third-order valence-corrected chi connectivity index (χ3v) is 2.90. The standard InChI is InChI=1S/C10H16BrClN4/c1-15(2)5-4-6-16(3)9-8(11)7-13-10(12)14-9/h7H,4-6H2,1-3H3. The van der Waals surface area contributed by atoms with E-state index >= 15 is 0 Å². The number of hydrogen-bond acceptors (Lipinski definition) is 4. The van der Waals surface area contributed by atoms with Gasteiger partial charge in [-0.05, 0) is 54.6 Å². The van der Waals surface area contributed by atoms with E-state index in [-0.39, 0.29) is 5.28 Å². The van der Waals surface area contributed by atoms with Gasteiger partial charge in [-0.25, -0.2) is 4.98 Å². The quantitative estimate of drug-likeness (QED) is 0.781. The second-order valence-corrected chi connectivity index (χ2v) is 5.08. The fourth-order valence-corrected chi connectivity index (χ4v) is 1.96. The van der Waals surface area contributed by atoms with E-state index in [0.717, 1.165) is 29.8 Å². The Hall–Kier alpha value is -0.390. The molecule has 6 heteroatoms. The number of hydrogen-bond donors (Lipinski definition) is 0. The summed E-state index contributed by atoms with van der Waals surface area (Å²) in [5.74, 6) is 0.832. The third kappa shape index (κ3) is 4.23. The van der Waals surface area contributed by atoms with Crippen LogP contribution in [0.2, 0.25) is 5.28 Å². The van der Waals surface area contributed by atoms with E-state index < -0.39 is 0 Å². The molecule has 0 aromatic carbocycles. The van der Waals surface area contributed by atoms with Crippen LogP contribution in [0.4, 0.5) is 5.82 Å². The van der Waals surface area contributed by atoms with Crippen LogP contribution < -0.4 is 4.90 Å². The summed E-state index contributed by atoms with van der Waals surface area (Å²) in [7, 11) is 6.13. The molecule has 1 aromatic rings. The Morgan fingerprint density at radius 3 is 2.62 bits per heavy atom. The van der Waals surface area contributed by atoms with Crippen molar-refractivity contribution in [2.45, 2.75) is 6.42 Å². The largest absolute Gasteiger partial charge is 0.359 e. The Morgan fingerprint density at radius 2 is 2.00 bits per heavy atom. The summed E-state index contributed by atoms with van der Waals surface area (Å²) >= 11 is 9.18. The average molecular weight is 308 g/mol. The minimum atomic E-state index is 0.276. The van der Waals surface area contributed by atoms with E-state index in [1.807, 2.05) is 7.05 Å². The first-order valence-corrected chi connectivity index (χ1v) is 6.21. The van der Waals surface area contributed by atoms with Gasteiger partial charge in [-0.2, -0.15) is 4.98 Å². The molecule has 1 aromatic heterocycles. The first kappa shape index (κ1) is 13.7. The van der Waals surface area contributed by atoms with Gasteiger partial charge in [-0.1, -0.05) is 0 Å². The molecule has 0 aliphatic rings. The summed E-state index contributed by atoms with van der Waals surface area (Å²) in [4.78, 5) is 12.3. The molecule has 0 unspecified atom stereocenters. The van der Waals surface area contributed by atoms with Crippen molar-refractivity contribution in [3.8, 4) is 0 Å². The second kappa shape index (κ2) is 6.37. The molecule has 0 amide bonds. The van der Waals surface area contributed by atoms with Gasteiger partial charge in [0.05, 0.1) is 4.47 Å². The second-order valence-electron chi connectivity index (χ2n) is 3.89. The topological polar surface area (TPSA) is 32.3 Å². The highest BCUT2D eigenvalue weighted by Crippen LogP contribution is 2.23. The van der Waals surface area contributed by atoms with Crippen LogP contribution in [-0.4, -0.2) is 49.1 Å². The van der Waals surface area contributed by atoms with E-state index in [4.69, 9.17) is 11.6 Å². The molecule has 0 aliphatic heterocycles. The molecule has 0 spiro atoms. The van der Waals surface area contributed by atoms with Crippen LogP contribution in [0.5, 0.6) is 0 Å². The van der Waals surface area contributed by atoms with Crippen LogP contribution >= 0.6 is 27.5 Å². The zero-order valence-corrected chi connectivity index (χ0v) is 12.1. The molecule has 16 heavy (non-hydrogen) atoms. The van der Waals surface area contributed by atoms with Gasteiger partial charge < -0.3 is 9.80 Å². The number of rotatable bonds is 5. The number of nitrogens with zero attached hydrogens (tertiary/aromatic N) is 4. The van der Waals surface area contributed by atoms with Crippen LogP contribution in [0.1, 0.15) is 6.42 Å². The fourth-order valence-electron chi connectivity index (χ4n) is 1.34. The summed E-state index contributed by atoms with van der Waals surface area (Å²) in [6, 6.07) is 0. The molecule has 0 saturated heterocycles. The maximum absolute atomic E-state index is 5.77. The summed E-state index contributed by atoms with van der Waals surface area (Å²) in [6.07, 6.45) is 2.75. The predicted octanol–water partition coefficient (Wildman–Crippen LogP) is 2.28. The first-order chi connectivity index (χ1) is 7.50. The molecule has 0 fully saturated rings. The van der Waals surface area contributed by atoms with Crippen molar-refractivity contribution in [1.82, 2.24) is 14.9 Å². The highest BCUT2D eigenvalue weighted by molar-refractivity contribution is 9.10. The van der Waals surface area contributed by atoms with E-state index in [1.54, 1.807) is 6.20 Å². The maximum Gasteiger partial charge on any atom is 0.224 e. The number of anilines is 1. The predicted molar refractivity (Wildman–Crippen MR) is 71.2 cm³/mol. The molecule has 4 nitrogen and oxygen atoms in total. The van der Waals surface area contributed by atoms with Gasteiger partial charge in [-0.3, -0.25) is 0 Å². The van der Waals surface area contributed by atoms with Gasteiger partial charge in [0.15, 0.2) is 0 Å². The van der Waals surface area contributed by atoms with Gasteiger partial charge >= 0.3 is 0 Å². The molecule has 0 radical (unpaired) electrons. The van der Waals surface area contributed by atoms with Crippen LogP contribution in [-0.2, 0) is 0 Å². The summed E-state index contributed by atoms with van der Waals surface area (Å²) in [5, 5.41) is 0.276. The van der Waals surface area contributed by atoms with Gasteiger partial charge in [-0.15, -0.1) is 0 Å². The molecule has 0 atom stereocenters. The Kier molecular flexibility index (Phi) is 5.44. The lowest BCUT2D eigenvalue weighted by Gasteiger charge is -2.20.